The number of ketones is 4. The van der Waals surface area contributed by atoms with Crippen molar-refractivity contribution < 1.29 is 34.2 Å². The van der Waals surface area contributed by atoms with Crippen LogP contribution in [0.2, 0.25) is 0 Å². The van der Waals surface area contributed by atoms with E-state index in [-0.39, 0.29) is 24.2 Å². The molecule has 4 N–H and O–H groups in total. The fourth-order valence-corrected chi connectivity index (χ4v) is 6.81. The SMILES string of the molecule is CN(C)[C@H]1C(=O)C(C(N)=O)C(=O)[C@]2(O)C(=O)C3C(=O)c4c(O)ccc(/C=C/c5ccc(Br)cc5)c4C[C@@H]3C[C@H]12. The minimum atomic E-state index is -2.73. The third-order valence-electron chi connectivity index (χ3n) is 8.31. The lowest BCUT2D eigenvalue weighted by Gasteiger charge is -2.52. The van der Waals surface area contributed by atoms with Crippen LogP contribution < -0.4 is 5.73 Å². The molecule has 0 aliphatic heterocycles. The standard InChI is InChI=1S/C29H27BrN2O7/c1-32(2)23-18-12-15-11-17-14(6-3-13-4-8-16(30)9-5-13)7-10-19(33)21(17)24(34)20(15)26(36)29(18,39)27(37)22(25(23)35)28(31)38/h3-10,15,18,20,22-23,33,39H,11-12H2,1-2H3,(H2,31,38)/b6-3+/t15-,18-,20?,22?,23-,29-/m1/s1. The number of nitrogens with two attached hydrogens (primary N) is 1. The lowest BCUT2D eigenvalue weighted by Crippen LogP contribution is -2.74. The van der Waals surface area contributed by atoms with E-state index < -0.39 is 64.4 Å². The fraction of sp³-hybridized carbons (Fsp3) is 0.345. The smallest absolute Gasteiger partial charge is 0.235 e. The second kappa shape index (κ2) is 9.62. The van der Waals surface area contributed by atoms with Crippen LogP contribution in [0.1, 0.15) is 33.5 Å². The second-order valence-electron chi connectivity index (χ2n) is 10.7. The van der Waals surface area contributed by atoms with Crippen molar-refractivity contribution in [2.75, 3.05) is 14.1 Å². The number of aliphatic hydroxyl groups is 1. The summed E-state index contributed by atoms with van der Waals surface area (Å²) >= 11 is 3.40. The normalized spacial score (nSPS) is 30.3. The van der Waals surface area contributed by atoms with Gasteiger partial charge in [-0.1, -0.05) is 46.3 Å². The molecule has 2 aromatic rings. The van der Waals surface area contributed by atoms with Gasteiger partial charge in [0.15, 0.2) is 34.7 Å². The highest BCUT2D eigenvalue weighted by molar-refractivity contribution is 9.10. The number of Topliss-reactive ketones (excluding diaryl/α,β-unsaturated/α-hetero) is 4. The molecule has 3 aliphatic carbocycles. The molecule has 0 bridgehead atoms. The van der Waals surface area contributed by atoms with Crippen molar-refractivity contribution in [3.63, 3.8) is 0 Å². The van der Waals surface area contributed by atoms with Crippen molar-refractivity contribution in [2.24, 2.45) is 29.4 Å². The summed E-state index contributed by atoms with van der Waals surface area (Å²) in [7, 11) is 3.11. The Morgan fingerprint density at radius 3 is 2.33 bits per heavy atom. The first-order valence-electron chi connectivity index (χ1n) is 12.5. The van der Waals surface area contributed by atoms with Gasteiger partial charge < -0.3 is 15.9 Å². The predicted octanol–water partition coefficient (Wildman–Crippen LogP) is 1.80. The largest absolute Gasteiger partial charge is 0.507 e. The van der Waals surface area contributed by atoms with E-state index in [0.29, 0.717) is 11.1 Å². The minimum Gasteiger partial charge on any atom is -0.507 e. The van der Waals surface area contributed by atoms with E-state index in [1.54, 1.807) is 20.2 Å². The molecule has 0 spiro atoms. The third kappa shape index (κ3) is 4.09. The van der Waals surface area contributed by atoms with Gasteiger partial charge in [0.05, 0.1) is 17.5 Å². The molecule has 9 nitrogen and oxygen atoms in total. The second-order valence-corrected chi connectivity index (χ2v) is 11.6. The molecule has 202 valence electrons. The Hall–Kier alpha value is -3.47. The zero-order valence-electron chi connectivity index (χ0n) is 21.3. The van der Waals surface area contributed by atoms with E-state index in [0.717, 1.165) is 10.0 Å². The summed E-state index contributed by atoms with van der Waals surface area (Å²) in [6.45, 7) is 0. The molecule has 6 atom stereocenters. The monoisotopic (exact) mass is 594 g/mol. The summed E-state index contributed by atoms with van der Waals surface area (Å²) < 4.78 is 0.929. The number of benzene rings is 2. The van der Waals surface area contributed by atoms with E-state index in [2.05, 4.69) is 15.9 Å². The zero-order valence-corrected chi connectivity index (χ0v) is 22.8. The molecule has 2 aromatic carbocycles. The Labute approximate surface area is 232 Å². The van der Waals surface area contributed by atoms with E-state index >= 15 is 0 Å². The molecule has 1 amide bonds. The first-order chi connectivity index (χ1) is 18.4. The maximum Gasteiger partial charge on any atom is 0.235 e. The highest BCUT2D eigenvalue weighted by atomic mass is 79.9. The Balaban J connectivity index is 1.59. The molecule has 0 saturated heterocycles. The fourth-order valence-electron chi connectivity index (χ4n) is 6.54. The lowest BCUT2D eigenvalue weighted by molar-refractivity contribution is -0.181. The molecular weight excluding hydrogens is 568 g/mol. The van der Waals surface area contributed by atoms with Crippen LogP contribution in [0.4, 0.5) is 0 Å². The number of rotatable bonds is 4. The molecular formula is C29H27BrN2O7. The highest BCUT2D eigenvalue weighted by Crippen LogP contribution is 2.51. The van der Waals surface area contributed by atoms with Crippen LogP contribution >= 0.6 is 15.9 Å². The van der Waals surface area contributed by atoms with Crippen molar-refractivity contribution in [1.82, 2.24) is 4.90 Å². The summed E-state index contributed by atoms with van der Waals surface area (Å²) in [5, 5.41) is 22.3. The number of likely N-dealkylation sites (N-methyl/N-ethyl adjacent to an activating group) is 1. The average molecular weight is 595 g/mol. The maximum atomic E-state index is 13.9. The van der Waals surface area contributed by atoms with Crippen LogP contribution in [0.5, 0.6) is 5.75 Å². The molecule has 3 aliphatic rings. The van der Waals surface area contributed by atoms with Crippen LogP contribution in [0.15, 0.2) is 40.9 Å². The van der Waals surface area contributed by atoms with E-state index in [4.69, 9.17) is 5.73 Å². The average Bonchev–Trinajstić information content (AvgIpc) is 2.86. The number of phenols is 1. The summed E-state index contributed by atoms with van der Waals surface area (Å²) in [4.78, 5) is 67.7. The van der Waals surface area contributed by atoms with Gasteiger partial charge in [0.2, 0.25) is 5.91 Å². The van der Waals surface area contributed by atoms with Crippen molar-refractivity contribution in [3.05, 3.63) is 63.1 Å². The Kier molecular flexibility index (Phi) is 6.69. The van der Waals surface area contributed by atoms with Crippen molar-refractivity contribution in [1.29, 1.82) is 0 Å². The summed E-state index contributed by atoms with van der Waals surface area (Å²) in [6.07, 6.45) is 3.91. The van der Waals surface area contributed by atoms with Gasteiger partial charge in [-0.05, 0) is 67.7 Å². The van der Waals surface area contributed by atoms with Gasteiger partial charge in [-0.15, -0.1) is 0 Å². The number of halogens is 1. The molecule has 39 heavy (non-hydrogen) atoms. The molecule has 2 unspecified atom stereocenters. The first kappa shape index (κ1) is 27.1. The van der Waals surface area contributed by atoms with Gasteiger partial charge in [-0.3, -0.25) is 28.9 Å². The summed E-state index contributed by atoms with van der Waals surface area (Å²) in [6, 6.07) is 9.54. The molecule has 2 fully saturated rings. The van der Waals surface area contributed by atoms with Crippen LogP contribution in [-0.2, 0) is 25.6 Å². The van der Waals surface area contributed by atoms with Gasteiger partial charge in [0.25, 0.3) is 0 Å². The number of carbonyl (C=O) groups is 5. The molecule has 10 heteroatoms. The number of carbonyl (C=O) groups excluding carboxylic acids is 5. The Bertz CT molecular complexity index is 1460. The predicted molar refractivity (Wildman–Crippen MR) is 144 cm³/mol. The minimum absolute atomic E-state index is 0.00934. The van der Waals surface area contributed by atoms with Gasteiger partial charge in [-0.2, -0.15) is 0 Å². The van der Waals surface area contributed by atoms with Crippen LogP contribution in [0.25, 0.3) is 12.2 Å². The first-order valence-corrected chi connectivity index (χ1v) is 13.3. The molecule has 0 aromatic heterocycles. The van der Waals surface area contributed by atoms with Gasteiger partial charge in [-0.25, -0.2) is 0 Å². The highest BCUT2D eigenvalue weighted by Gasteiger charge is 2.69. The van der Waals surface area contributed by atoms with E-state index in [1.807, 2.05) is 36.4 Å². The summed E-state index contributed by atoms with van der Waals surface area (Å²) in [5.41, 5.74) is 4.73. The van der Waals surface area contributed by atoms with Crippen LogP contribution in [0.3, 0.4) is 0 Å². The van der Waals surface area contributed by atoms with Gasteiger partial charge in [0.1, 0.15) is 5.75 Å². The van der Waals surface area contributed by atoms with Crippen molar-refractivity contribution >= 4 is 57.1 Å². The summed E-state index contributed by atoms with van der Waals surface area (Å²) in [5.74, 6) is -10.5. The van der Waals surface area contributed by atoms with E-state index in [1.165, 1.54) is 11.0 Å². The number of phenolic OH excluding ortho intramolecular Hbond substituents is 1. The van der Waals surface area contributed by atoms with Crippen LogP contribution in [0, 0.1) is 23.7 Å². The quantitative estimate of drug-likeness (QED) is 0.357. The number of hydrogen-bond acceptors (Lipinski definition) is 8. The Morgan fingerprint density at radius 2 is 1.72 bits per heavy atom. The number of hydrogen-bond donors (Lipinski definition) is 3. The molecule has 0 radical (unpaired) electrons. The van der Waals surface area contributed by atoms with Gasteiger partial charge in [0, 0.05) is 10.4 Å². The van der Waals surface area contributed by atoms with E-state index in [9.17, 15) is 34.2 Å². The number of aromatic hydroxyl groups is 1. The lowest BCUT2D eigenvalue weighted by atomic mass is 9.52. The van der Waals surface area contributed by atoms with Crippen LogP contribution in [-0.4, -0.2) is 69.9 Å². The number of nitrogens with zero attached hydrogens (tertiary/aromatic N) is 1. The molecule has 0 heterocycles. The Morgan fingerprint density at radius 1 is 1.05 bits per heavy atom. The van der Waals surface area contributed by atoms with Crippen molar-refractivity contribution in [3.8, 4) is 5.75 Å². The van der Waals surface area contributed by atoms with Crippen molar-refractivity contribution in [2.45, 2.75) is 24.5 Å². The third-order valence-corrected chi connectivity index (χ3v) is 8.84. The zero-order chi connectivity index (χ0) is 28.4. The number of primary amides is 1. The molecule has 2 saturated carbocycles. The maximum absolute atomic E-state index is 13.9. The number of amides is 1. The van der Waals surface area contributed by atoms with Gasteiger partial charge >= 0.3 is 0 Å². The number of fused-ring (bicyclic) bond motifs is 3. The topological polar surface area (TPSA) is 155 Å². The molecule has 5 rings (SSSR count).